The van der Waals surface area contributed by atoms with Gasteiger partial charge in [0.1, 0.15) is 10.8 Å². The summed E-state index contributed by atoms with van der Waals surface area (Å²) >= 11 is 1.51. The van der Waals surface area contributed by atoms with Crippen LogP contribution in [0.4, 0.5) is 0 Å². The van der Waals surface area contributed by atoms with Crippen LogP contribution in [0.3, 0.4) is 0 Å². The van der Waals surface area contributed by atoms with Gasteiger partial charge in [0, 0.05) is 5.38 Å². The molecule has 0 radical (unpaired) electrons. The molecule has 1 unspecified atom stereocenters. The van der Waals surface area contributed by atoms with Crippen LogP contribution in [0.2, 0.25) is 0 Å². The number of hydrogen-bond donors (Lipinski definition) is 1. The first kappa shape index (κ1) is 11.1. The van der Waals surface area contributed by atoms with Gasteiger partial charge in [0.05, 0.1) is 24.5 Å². The molecular weight excluding hydrogens is 222 g/mol. The Hall–Kier alpha value is -1.39. The van der Waals surface area contributed by atoms with E-state index in [1.807, 2.05) is 29.6 Å². The van der Waals surface area contributed by atoms with Crippen molar-refractivity contribution in [2.75, 3.05) is 7.11 Å². The molecule has 2 aromatic rings. The number of para-hydroxylation sites is 1. The molecule has 0 spiro atoms. The Kier molecular flexibility index (Phi) is 3.22. The predicted octanol–water partition coefficient (Wildman–Crippen LogP) is 2.87. The average molecular weight is 235 g/mol. The third kappa shape index (κ3) is 2.08. The van der Waals surface area contributed by atoms with Gasteiger partial charge in [-0.1, -0.05) is 12.1 Å². The van der Waals surface area contributed by atoms with Gasteiger partial charge in [0.15, 0.2) is 0 Å². The van der Waals surface area contributed by atoms with Crippen LogP contribution in [0.15, 0.2) is 29.6 Å². The Morgan fingerprint density at radius 3 is 2.75 bits per heavy atom. The number of nitrogens with zero attached hydrogens (tertiary/aromatic N) is 1. The molecule has 1 aromatic carbocycles. The van der Waals surface area contributed by atoms with Gasteiger partial charge in [-0.25, -0.2) is 4.98 Å². The van der Waals surface area contributed by atoms with E-state index < -0.39 is 6.10 Å². The van der Waals surface area contributed by atoms with Crippen molar-refractivity contribution in [3.8, 4) is 16.3 Å². The van der Waals surface area contributed by atoms with Crippen molar-refractivity contribution in [3.63, 3.8) is 0 Å². The maximum absolute atomic E-state index is 9.42. The summed E-state index contributed by atoms with van der Waals surface area (Å²) in [5, 5.41) is 12.2. The Morgan fingerprint density at radius 2 is 2.12 bits per heavy atom. The highest BCUT2D eigenvalue weighted by molar-refractivity contribution is 7.13. The Labute approximate surface area is 98.4 Å². The summed E-state index contributed by atoms with van der Waals surface area (Å²) in [6.07, 6.45) is -0.528. The van der Waals surface area contributed by atoms with Gasteiger partial charge in [0.2, 0.25) is 0 Å². The SMILES string of the molecule is COc1ccccc1-c1nc(C(C)O)cs1. The van der Waals surface area contributed by atoms with E-state index in [2.05, 4.69) is 4.98 Å². The van der Waals surface area contributed by atoms with Crippen molar-refractivity contribution in [1.29, 1.82) is 0 Å². The number of benzene rings is 1. The van der Waals surface area contributed by atoms with Crippen LogP contribution in [0.1, 0.15) is 18.7 Å². The maximum atomic E-state index is 9.42. The molecule has 0 saturated heterocycles. The zero-order valence-corrected chi connectivity index (χ0v) is 9.99. The molecule has 0 fully saturated rings. The fourth-order valence-electron chi connectivity index (χ4n) is 1.42. The minimum Gasteiger partial charge on any atom is -0.496 e. The molecule has 0 saturated carbocycles. The predicted molar refractivity (Wildman–Crippen MR) is 64.7 cm³/mol. The maximum Gasteiger partial charge on any atom is 0.129 e. The van der Waals surface area contributed by atoms with Gasteiger partial charge in [-0.2, -0.15) is 0 Å². The van der Waals surface area contributed by atoms with Crippen LogP contribution in [-0.2, 0) is 0 Å². The van der Waals surface area contributed by atoms with Crippen LogP contribution in [0.25, 0.3) is 10.6 Å². The van der Waals surface area contributed by atoms with Crippen molar-refractivity contribution < 1.29 is 9.84 Å². The van der Waals surface area contributed by atoms with E-state index in [4.69, 9.17) is 4.74 Å². The summed E-state index contributed by atoms with van der Waals surface area (Å²) in [7, 11) is 1.64. The molecule has 1 heterocycles. The Morgan fingerprint density at radius 1 is 1.38 bits per heavy atom. The third-order valence-corrected chi connectivity index (χ3v) is 3.18. The molecule has 0 aliphatic rings. The van der Waals surface area contributed by atoms with E-state index in [9.17, 15) is 5.11 Å². The first-order chi connectivity index (χ1) is 7.72. The topological polar surface area (TPSA) is 42.4 Å². The molecule has 0 bridgehead atoms. The van der Waals surface area contributed by atoms with Gasteiger partial charge < -0.3 is 9.84 Å². The fourth-order valence-corrected chi connectivity index (χ4v) is 2.36. The first-order valence-corrected chi connectivity index (χ1v) is 5.87. The molecular formula is C12H13NO2S. The zero-order chi connectivity index (χ0) is 11.5. The number of thiazole rings is 1. The van der Waals surface area contributed by atoms with Crippen LogP contribution >= 0.6 is 11.3 Å². The molecule has 4 heteroatoms. The Balaban J connectivity index is 2.42. The van der Waals surface area contributed by atoms with E-state index >= 15 is 0 Å². The van der Waals surface area contributed by atoms with Crippen LogP contribution in [0.5, 0.6) is 5.75 Å². The van der Waals surface area contributed by atoms with Crippen molar-refractivity contribution in [2.45, 2.75) is 13.0 Å². The van der Waals surface area contributed by atoms with E-state index in [0.717, 1.165) is 16.3 Å². The summed E-state index contributed by atoms with van der Waals surface area (Å²) in [5.74, 6) is 0.800. The number of rotatable bonds is 3. The molecule has 0 aliphatic carbocycles. The van der Waals surface area contributed by atoms with Crippen molar-refractivity contribution >= 4 is 11.3 Å². The van der Waals surface area contributed by atoms with Gasteiger partial charge in [-0.15, -0.1) is 11.3 Å². The summed E-state index contributed by atoms with van der Waals surface area (Å²) in [6, 6.07) is 7.73. The van der Waals surface area contributed by atoms with Crippen LogP contribution in [0, 0.1) is 0 Å². The lowest BCUT2D eigenvalue weighted by molar-refractivity contribution is 0.195. The van der Waals surface area contributed by atoms with Gasteiger partial charge >= 0.3 is 0 Å². The normalized spacial score (nSPS) is 12.4. The second-order valence-corrected chi connectivity index (χ2v) is 4.31. The fraction of sp³-hybridized carbons (Fsp3) is 0.250. The van der Waals surface area contributed by atoms with Gasteiger partial charge in [0.25, 0.3) is 0 Å². The van der Waals surface area contributed by atoms with Crippen molar-refractivity contribution in [2.24, 2.45) is 0 Å². The lowest BCUT2D eigenvalue weighted by Gasteiger charge is -2.04. The van der Waals surface area contributed by atoms with Crippen LogP contribution < -0.4 is 4.74 Å². The van der Waals surface area contributed by atoms with Crippen molar-refractivity contribution in [1.82, 2.24) is 4.98 Å². The molecule has 2 rings (SSSR count). The highest BCUT2D eigenvalue weighted by Crippen LogP contribution is 2.32. The highest BCUT2D eigenvalue weighted by Gasteiger charge is 2.11. The molecule has 84 valence electrons. The molecule has 16 heavy (non-hydrogen) atoms. The quantitative estimate of drug-likeness (QED) is 0.889. The van der Waals surface area contributed by atoms with Crippen molar-refractivity contribution in [3.05, 3.63) is 35.3 Å². The molecule has 1 N–H and O–H groups in total. The molecule has 1 atom stereocenters. The van der Waals surface area contributed by atoms with Gasteiger partial charge in [-0.3, -0.25) is 0 Å². The second-order valence-electron chi connectivity index (χ2n) is 3.45. The van der Waals surface area contributed by atoms with Gasteiger partial charge in [-0.05, 0) is 19.1 Å². The summed E-state index contributed by atoms with van der Waals surface area (Å²) < 4.78 is 5.27. The Bertz CT molecular complexity index is 479. The first-order valence-electron chi connectivity index (χ1n) is 4.99. The lowest BCUT2D eigenvalue weighted by Crippen LogP contribution is -1.91. The van der Waals surface area contributed by atoms with E-state index in [0.29, 0.717) is 5.69 Å². The average Bonchev–Trinajstić information content (AvgIpc) is 2.78. The third-order valence-electron chi connectivity index (χ3n) is 2.29. The molecule has 0 amide bonds. The number of aliphatic hydroxyl groups is 1. The van der Waals surface area contributed by atoms with Crippen LogP contribution in [-0.4, -0.2) is 17.2 Å². The summed E-state index contributed by atoms with van der Waals surface area (Å²) in [5.41, 5.74) is 1.66. The summed E-state index contributed by atoms with van der Waals surface area (Å²) in [4.78, 5) is 4.38. The smallest absolute Gasteiger partial charge is 0.129 e. The standard InChI is InChI=1S/C12H13NO2S/c1-8(14)10-7-16-12(13-10)9-5-3-4-6-11(9)15-2/h3-8,14H,1-2H3. The number of ether oxygens (including phenoxy) is 1. The zero-order valence-electron chi connectivity index (χ0n) is 9.18. The highest BCUT2D eigenvalue weighted by atomic mass is 32.1. The second kappa shape index (κ2) is 4.63. The minimum absolute atomic E-state index is 0.528. The lowest BCUT2D eigenvalue weighted by atomic mass is 10.2. The largest absolute Gasteiger partial charge is 0.496 e. The molecule has 0 aliphatic heterocycles. The number of aliphatic hydroxyl groups excluding tert-OH is 1. The van der Waals surface area contributed by atoms with E-state index in [1.165, 1.54) is 11.3 Å². The summed E-state index contributed by atoms with van der Waals surface area (Å²) in [6.45, 7) is 1.71. The number of methoxy groups -OCH3 is 1. The monoisotopic (exact) mass is 235 g/mol. The van der Waals surface area contributed by atoms with E-state index in [1.54, 1.807) is 14.0 Å². The van der Waals surface area contributed by atoms with E-state index in [-0.39, 0.29) is 0 Å². The molecule has 3 nitrogen and oxygen atoms in total. The molecule has 1 aromatic heterocycles. The minimum atomic E-state index is -0.528. The number of aromatic nitrogens is 1. The number of hydrogen-bond acceptors (Lipinski definition) is 4.